The zero-order chi connectivity index (χ0) is 16.9. The third kappa shape index (κ3) is 5.72. The summed E-state index contributed by atoms with van der Waals surface area (Å²) in [6.45, 7) is 11.2. The summed E-state index contributed by atoms with van der Waals surface area (Å²) in [4.78, 5) is 2.52. The van der Waals surface area contributed by atoms with E-state index in [1.54, 1.807) is 0 Å². The Morgan fingerprint density at radius 2 is 1.39 bits per heavy atom. The summed E-state index contributed by atoms with van der Waals surface area (Å²) in [6, 6.07) is 22.0. The number of para-hydroxylation sites is 1. The van der Waals surface area contributed by atoms with Crippen LogP contribution < -0.4 is 10.2 Å². The molecule has 1 heterocycles. The van der Waals surface area contributed by atoms with Gasteiger partial charge in [-0.15, -0.1) is 0 Å². The Hall–Kier alpha value is -1.80. The van der Waals surface area contributed by atoms with Crippen molar-refractivity contribution in [1.29, 1.82) is 0 Å². The highest BCUT2D eigenvalue weighted by Crippen LogP contribution is 2.27. The molecule has 0 saturated carbocycles. The van der Waals surface area contributed by atoms with Crippen LogP contribution in [0.25, 0.3) is 0 Å². The van der Waals surface area contributed by atoms with Crippen LogP contribution in [-0.4, -0.2) is 19.6 Å². The molecule has 2 heteroatoms. The van der Waals surface area contributed by atoms with Gasteiger partial charge in [-0.25, -0.2) is 0 Å². The molecule has 1 fully saturated rings. The van der Waals surface area contributed by atoms with Crippen molar-refractivity contribution in [2.75, 3.05) is 24.5 Å². The number of nitrogens with zero attached hydrogens (tertiary/aromatic N) is 1. The highest BCUT2D eigenvalue weighted by Gasteiger charge is 2.22. The summed E-state index contributed by atoms with van der Waals surface area (Å²) >= 11 is 0. The molecule has 1 aliphatic heterocycles. The van der Waals surface area contributed by atoms with Gasteiger partial charge in [0, 0.05) is 18.8 Å². The van der Waals surface area contributed by atoms with Gasteiger partial charge in [-0.3, -0.25) is 0 Å². The van der Waals surface area contributed by atoms with Crippen molar-refractivity contribution in [2.45, 2.75) is 40.2 Å². The van der Waals surface area contributed by atoms with Crippen LogP contribution in [0.3, 0.4) is 0 Å². The van der Waals surface area contributed by atoms with Gasteiger partial charge >= 0.3 is 0 Å². The molecule has 1 saturated heterocycles. The summed E-state index contributed by atoms with van der Waals surface area (Å²) in [5.74, 6) is 0. The Kier molecular flexibility index (Phi) is 9.81. The first-order valence-electron chi connectivity index (χ1n) is 9.02. The molecule has 2 aromatic rings. The van der Waals surface area contributed by atoms with Gasteiger partial charge in [0.25, 0.3) is 0 Å². The van der Waals surface area contributed by atoms with Crippen molar-refractivity contribution in [3.05, 3.63) is 66.2 Å². The summed E-state index contributed by atoms with van der Waals surface area (Å²) in [6.07, 6.45) is 1.19. The quantitative estimate of drug-likeness (QED) is 0.811. The van der Waals surface area contributed by atoms with E-state index in [1.807, 2.05) is 27.7 Å². The van der Waals surface area contributed by atoms with Gasteiger partial charge in [0.1, 0.15) is 0 Å². The molecule has 0 aromatic heterocycles. The molecule has 1 unspecified atom stereocenters. The first-order valence-corrected chi connectivity index (χ1v) is 9.02. The van der Waals surface area contributed by atoms with Crippen LogP contribution in [0.1, 0.15) is 45.7 Å². The van der Waals surface area contributed by atoms with Crippen LogP contribution in [0.2, 0.25) is 0 Å². The fourth-order valence-corrected chi connectivity index (χ4v) is 2.78. The Balaban J connectivity index is 0.000000615. The van der Waals surface area contributed by atoms with Crippen LogP contribution in [0.4, 0.5) is 5.69 Å². The lowest BCUT2D eigenvalue weighted by Gasteiger charge is -2.32. The van der Waals surface area contributed by atoms with Crippen LogP contribution in [0, 0.1) is 0 Å². The maximum Gasteiger partial charge on any atom is 0.0666 e. The van der Waals surface area contributed by atoms with Crippen LogP contribution in [-0.2, 0) is 0 Å². The second-order valence-electron chi connectivity index (χ2n) is 5.01. The van der Waals surface area contributed by atoms with Gasteiger partial charge in [-0.1, -0.05) is 76.2 Å². The van der Waals surface area contributed by atoms with Crippen molar-refractivity contribution >= 4 is 5.69 Å². The standard InChI is InChI=1S/C17H20N2.2C2H6/c1-3-8-15(9-4-1)17-14-18-12-7-13-19(17)16-10-5-2-6-11-16;2*1-2/h1-6,8-11,17-18H,7,12-14H2;2*1-2H3. The zero-order valence-electron chi connectivity index (χ0n) is 15.1. The molecular formula is C21H32N2. The normalized spacial score (nSPS) is 17.0. The molecule has 1 aliphatic rings. The third-order valence-corrected chi connectivity index (χ3v) is 3.74. The zero-order valence-corrected chi connectivity index (χ0v) is 15.1. The molecule has 0 bridgehead atoms. The van der Waals surface area contributed by atoms with Crippen LogP contribution >= 0.6 is 0 Å². The summed E-state index contributed by atoms with van der Waals surface area (Å²) in [5, 5.41) is 3.55. The van der Waals surface area contributed by atoms with Crippen molar-refractivity contribution < 1.29 is 0 Å². The van der Waals surface area contributed by atoms with Gasteiger partial charge in [0.05, 0.1) is 6.04 Å². The van der Waals surface area contributed by atoms with E-state index in [0.29, 0.717) is 6.04 Å². The molecule has 0 amide bonds. The summed E-state index contributed by atoms with van der Waals surface area (Å²) in [5.41, 5.74) is 2.71. The Morgan fingerprint density at radius 3 is 2.00 bits per heavy atom. The molecule has 0 aliphatic carbocycles. The number of rotatable bonds is 2. The molecule has 0 spiro atoms. The Labute approximate surface area is 142 Å². The predicted molar refractivity (Wildman–Crippen MR) is 103 cm³/mol. The van der Waals surface area contributed by atoms with Crippen LogP contribution in [0.15, 0.2) is 60.7 Å². The first-order chi connectivity index (χ1) is 11.4. The van der Waals surface area contributed by atoms with E-state index in [4.69, 9.17) is 0 Å². The molecule has 3 rings (SSSR count). The molecule has 2 nitrogen and oxygen atoms in total. The Bertz CT molecular complexity index is 448. The minimum absolute atomic E-state index is 0.422. The number of benzene rings is 2. The van der Waals surface area contributed by atoms with Gasteiger partial charge < -0.3 is 10.2 Å². The van der Waals surface area contributed by atoms with Crippen molar-refractivity contribution in [3.8, 4) is 0 Å². The average Bonchev–Trinajstić information content (AvgIpc) is 2.92. The Morgan fingerprint density at radius 1 is 0.826 bits per heavy atom. The van der Waals surface area contributed by atoms with Crippen molar-refractivity contribution in [1.82, 2.24) is 5.32 Å². The number of hydrogen-bond donors (Lipinski definition) is 1. The second-order valence-corrected chi connectivity index (χ2v) is 5.01. The van der Waals surface area contributed by atoms with E-state index in [-0.39, 0.29) is 0 Å². The van der Waals surface area contributed by atoms with Gasteiger partial charge in [-0.05, 0) is 30.7 Å². The predicted octanol–water partition coefficient (Wildman–Crippen LogP) is 5.28. The topological polar surface area (TPSA) is 15.3 Å². The molecule has 126 valence electrons. The van der Waals surface area contributed by atoms with Crippen LogP contribution in [0.5, 0.6) is 0 Å². The van der Waals surface area contributed by atoms with Gasteiger partial charge in [-0.2, -0.15) is 0 Å². The number of hydrogen-bond acceptors (Lipinski definition) is 2. The maximum absolute atomic E-state index is 3.55. The lowest BCUT2D eigenvalue weighted by molar-refractivity contribution is 0.617. The molecule has 1 N–H and O–H groups in total. The van der Waals surface area contributed by atoms with E-state index >= 15 is 0 Å². The number of nitrogens with one attached hydrogen (secondary N) is 1. The van der Waals surface area contributed by atoms with Gasteiger partial charge in [0.15, 0.2) is 0 Å². The lowest BCUT2D eigenvalue weighted by atomic mass is 10.0. The lowest BCUT2D eigenvalue weighted by Crippen LogP contribution is -2.32. The molecule has 2 aromatic carbocycles. The summed E-state index contributed by atoms with van der Waals surface area (Å²) < 4.78 is 0. The fraction of sp³-hybridized carbons (Fsp3) is 0.429. The molecular weight excluding hydrogens is 280 g/mol. The molecule has 23 heavy (non-hydrogen) atoms. The smallest absolute Gasteiger partial charge is 0.0666 e. The van der Waals surface area contributed by atoms with Gasteiger partial charge in [0.2, 0.25) is 0 Å². The first kappa shape index (κ1) is 19.2. The summed E-state index contributed by atoms with van der Waals surface area (Å²) in [7, 11) is 0. The molecule has 0 radical (unpaired) electrons. The van der Waals surface area contributed by atoms with E-state index in [2.05, 4.69) is 70.9 Å². The highest BCUT2D eigenvalue weighted by atomic mass is 15.2. The van der Waals surface area contributed by atoms with Crippen molar-refractivity contribution in [2.24, 2.45) is 0 Å². The minimum atomic E-state index is 0.422. The highest BCUT2D eigenvalue weighted by molar-refractivity contribution is 5.49. The fourth-order valence-electron chi connectivity index (χ4n) is 2.78. The largest absolute Gasteiger partial charge is 0.363 e. The molecule has 1 atom stereocenters. The van der Waals surface area contributed by atoms with E-state index in [0.717, 1.165) is 19.6 Å². The minimum Gasteiger partial charge on any atom is -0.363 e. The second kappa shape index (κ2) is 11.7. The number of anilines is 1. The maximum atomic E-state index is 3.55. The third-order valence-electron chi connectivity index (χ3n) is 3.74. The van der Waals surface area contributed by atoms with E-state index < -0.39 is 0 Å². The SMILES string of the molecule is CC.CC.c1ccc(C2CNCCCN2c2ccccc2)cc1. The monoisotopic (exact) mass is 312 g/mol. The van der Waals surface area contributed by atoms with E-state index in [1.165, 1.54) is 17.7 Å². The van der Waals surface area contributed by atoms with E-state index in [9.17, 15) is 0 Å². The van der Waals surface area contributed by atoms with Crippen molar-refractivity contribution in [3.63, 3.8) is 0 Å². The average molecular weight is 313 g/mol.